The number of methoxy groups -OCH3 is 2. The minimum absolute atomic E-state index is 0.271. The van der Waals surface area contributed by atoms with Crippen LogP contribution in [0.15, 0.2) is 54.6 Å². The summed E-state index contributed by atoms with van der Waals surface area (Å²) in [6.07, 6.45) is 4.61. The molecule has 4 rings (SSSR count). The number of amides is 1. The van der Waals surface area contributed by atoms with Gasteiger partial charge in [-0.05, 0) is 54.2 Å². The highest BCUT2D eigenvalue weighted by molar-refractivity contribution is 7.17. The number of ether oxygens (including phenoxy) is 2. The van der Waals surface area contributed by atoms with Gasteiger partial charge in [0.25, 0.3) is 5.91 Å². The minimum Gasteiger partial charge on any atom is -0.497 e. The molecule has 0 fully saturated rings. The molecule has 1 aliphatic carbocycles. The van der Waals surface area contributed by atoms with E-state index in [-0.39, 0.29) is 5.91 Å². The standard InChI is InChI=1S/C25H23NO4S/c1-29-18-13-11-16(12-14-18)15-20(17-7-4-3-5-8-17)23(27)26-24-22(25(28)30-2)19-9-6-10-21(19)31-24/h3-5,7-8,11-15H,6,9-10H2,1-2H3,(H,26,27)/b20-15+. The molecule has 0 bridgehead atoms. The van der Waals surface area contributed by atoms with Gasteiger partial charge in [-0.2, -0.15) is 0 Å². The summed E-state index contributed by atoms with van der Waals surface area (Å²) < 4.78 is 10.2. The van der Waals surface area contributed by atoms with Crippen LogP contribution in [0.1, 0.15) is 38.3 Å². The predicted molar refractivity (Wildman–Crippen MR) is 124 cm³/mol. The van der Waals surface area contributed by atoms with Gasteiger partial charge in [0, 0.05) is 10.5 Å². The lowest BCUT2D eigenvalue weighted by molar-refractivity contribution is -0.111. The maximum absolute atomic E-state index is 13.4. The van der Waals surface area contributed by atoms with Gasteiger partial charge in [0.15, 0.2) is 0 Å². The van der Waals surface area contributed by atoms with Crippen molar-refractivity contribution in [2.24, 2.45) is 0 Å². The minimum atomic E-state index is -0.407. The predicted octanol–water partition coefficient (Wildman–Crippen LogP) is 5.21. The Morgan fingerprint density at radius 2 is 1.74 bits per heavy atom. The Morgan fingerprint density at radius 1 is 1.00 bits per heavy atom. The summed E-state index contributed by atoms with van der Waals surface area (Å²) in [7, 11) is 2.98. The molecular weight excluding hydrogens is 410 g/mol. The van der Waals surface area contributed by atoms with E-state index in [0.29, 0.717) is 16.1 Å². The van der Waals surface area contributed by atoms with Crippen LogP contribution in [0.2, 0.25) is 0 Å². The summed E-state index contributed by atoms with van der Waals surface area (Å²) in [5, 5.41) is 3.54. The molecule has 0 saturated carbocycles. The van der Waals surface area contributed by atoms with Crippen LogP contribution in [0.4, 0.5) is 5.00 Å². The van der Waals surface area contributed by atoms with E-state index >= 15 is 0 Å². The molecule has 31 heavy (non-hydrogen) atoms. The van der Waals surface area contributed by atoms with Gasteiger partial charge in [0.2, 0.25) is 0 Å². The number of carbonyl (C=O) groups is 2. The Morgan fingerprint density at radius 3 is 2.42 bits per heavy atom. The first-order valence-electron chi connectivity index (χ1n) is 10.1. The Kier molecular flexibility index (Phi) is 6.18. The molecule has 1 aromatic heterocycles. The van der Waals surface area contributed by atoms with Crippen LogP contribution in [0.25, 0.3) is 11.6 Å². The van der Waals surface area contributed by atoms with Gasteiger partial charge in [-0.1, -0.05) is 42.5 Å². The molecule has 2 aromatic carbocycles. The molecule has 1 aliphatic rings. The Balaban J connectivity index is 1.71. The first-order valence-corrected chi connectivity index (χ1v) is 10.9. The molecular formula is C25H23NO4S. The van der Waals surface area contributed by atoms with Gasteiger partial charge < -0.3 is 14.8 Å². The van der Waals surface area contributed by atoms with E-state index in [0.717, 1.165) is 46.6 Å². The zero-order valence-electron chi connectivity index (χ0n) is 17.4. The summed E-state index contributed by atoms with van der Waals surface area (Å²) in [5.74, 6) is 0.0703. The molecule has 1 amide bonds. The lowest BCUT2D eigenvalue weighted by atomic mass is 10.0. The molecule has 0 spiro atoms. The third-order valence-electron chi connectivity index (χ3n) is 5.29. The van der Waals surface area contributed by atoms with Crippen molar-refractivity contribution in [2.45, 2.75) is 19.3 Å². The van der Waals surface area contributed by atoms with Crippen molar-refractivity contribution in [3.63, 3.8) is 0 Å². The van der Waals surface area contributed by atoms with E-state index in [1.165, 1.54) is 18.4 Å². The molecule has 5 nitrogen and oxygen atoms in total. The van der Waals surface area contributed by atoms with Gasteiger partial charge in [-0.25, -0.2) is 4.79 Å². The van der Waals surface area contributed by atoms with Crippen LogP contribution in [0.5, 0.6) is 5.75 Å². The average Bonchev–Trinajstić information content (AvgIpc) is 3.38. The third kappa shape index (κ3) is 4.39. The number of anilines is 1. The molecule has 1 heterocycles. The number of hydrogen-bond donors (Lipinski definition) is 1. The summed E-state index contributed by atoms with van der Waals surface area (Å²) in [6, 6.07) is 17.0. The van der Waals surface area contributed by atoms with Crippen LogP contribution < -0.4 is 10.1 Å². The van der Waals surface area contributed by atoms with E-state index in [1.807, 2.05) is 60.7 Å². The number of hydrogen-bond acceptors (Lipinski definition) is 5. The van der Waals surface area contributed by atoms with Crippen molar-refractivity contribution < 1.29 is 19.1 Å². The molecule has 0 radical (unpaired) electrons. The number of carbonyl (C=O) groups excluding carboxylic acids is 2. The molecule has 158 valence electrons. The molecule has 1 N–H and O–H groups in total. The molecule has 0 atom stereocenters. The zero-order chi connectivity index (χ0) is 21.8. The van der Waals surface area contributed by atoms with E-state index < -0.39 is 5.97 Å². The number of aryl methyl sites for hydroxylation is 1. The highest BCUT2D eigenvalue weighted by Gasteiger charge is 2.28. The van der Waals surface area contributed by atoms with Crippen LogP contribution in [0, 0.1) is 0 Å². The third-order valence-corrected chi connectivity index (χ3v) is 6.50. The molecule has 6 heteroatoms. The monoisotopic (exact) mass is 433 g/mol. The number of esters is 1. The number of rotatable bonds is 6. The second-order valence-electron chi connectivity index (χ2n) is 7.20. The molecule has 0 unspecified atom stereocenters. The summed E-state index contributed by atoms with van der Waals surface area (Å²) >= 11 is 1.47. The summed E-state index contributed by atoms with van der Waals surface area (Å²) in [6.45, 7) is 0. The van der Waals surface area contributed by atoms with E-state index in [2.05, 4.69) is 5.32 Å². The highest BCUT2D eigenvalue weighted by Crippen LogP contribution is 2.40. The van der Waals surface area contributed by atoms with Crippen molar-refractivity contribution in [2.75, 3.05) is 19.5 Å². The van der Waals surface area contributed by atoms with Crippen molar-refractivity contribution >= 4 is 39.9 Å². The van der Waals surface area contributed by atoms with Crippen molar-refractivity contribution in [1.29, 1.82) is 0 Å². The lowest BCUT2D eigenvalue weighted by Crippen LogP contribution is -2.16. The van der Waals surface area contributed by atoms with Crippen LogP contribution in [-0.4, -0.2) is 26.1 Å². The van der Waals surface area contributed by atoms with Gasteiger partial charge in [-0.3, -0.25) is 4.79 Å². The second kappa shape index (κ2) is 9.18. The van der Waals surface area contributed by atoms with Gasteiger partial charge in [-0.15, -0.1) is 11.3 Å². The maximum Gasteiger partial charge on any atom is 0.341 e. The maximum atomic E-state index is 13.4. The highest BCUT2D eigenvalue weighted by atomic mass is 32.1. The van der Waals surface area contributed by atoms with E-state index in [9.17, 15) is 9.59 Å². The molecule has 0 aliphatic heterocycles. The first kappa shape index (κ1) is 20.9. The number of benzene rings is 2. The van der Waals surface area contributed by atoms with Crippen LogP contribution >= 0.6 is 11.3 Å². The van der Waals surface area contributed by atoms with Crippen LogP contribution in [0.3, 0.4) is 0 Å². The lowest BCUT2D eigenvalue weighted by Gasteiger charge is -2.11. The van der Waals surface area contributed by atoms with E-state index in [1.54, 1.807) is 7.11 Å². The quantitative estimate of drug-likeness (QED) is 0.329. The Labute approximate surface area is 185 Å². The van der Waals surface area contributed by atoms with Gasteiger partial charge in [0.05, 0.1) is 19.8 Å². The number of fused-ring (bicyclic) bond motifs is 1. The number of nitrogens with one attached hydrogen (secondary N) is 1. The molecule has 0 saturated heterocycles. The fourth-order valence-electron chi connectivity index (χ4n) is 3.75. The van der Waals surface area contributed by atoms with Crippen molar-refractivity contribution in [3.8, 4) is 5.75 Å². The number of thiophene rings is 1. The normalized spacial score (nSPS) is 12.9. The first-order chi connectivity index (χ1) is 15.1. The SMILES string of the molecule is COC(=O)c1c(NC(=O)/C(=C/c2ccc(OC)cc2)c2ccccc2)sc2c1CCC2. The Hall–Kier alpha value is -3.38. The summed E-state index contributed by atoms with van der Waals surface area (Å²) in [5.41, 5.74) is 3.67. The topological polar surface area (TPSA) is 64.6 Å². The van der Waals surface area contributed by atoms with Gasteiger partial charge in [0.1, 0.15) is 10.8 Å². The fourth-order valence-corrected chi connectivity index (χ4v) is 5.02. The van der Waals surface area contributed by atoms with Gasteiger partial charge >= 0.3 is 5.97 Å². The fraction of sp³-hybridized carbons (Fsp3) is 0.200. The smallest absolute Gasteiger partial charge is 0.341 e. The van der Waals surface area contributed by atoms with Crippen molar-refractivity contribution in [3.05, 3.63) is 81.7 Å². The second-order valence-corrected chi connectivity index (χ2v) is 8.31. The Bertz CT molecular complexity index is 1130. The molecule has 3 aromatic rings. The van der Waals surface area contributed by atoms with E-state index in [4.69, 9.17) is 9.47 Å². The largest absolute Gasteiger partial charge is 0.497 e. The summed E-state index contributed by atoms with van der Waals surface area (Å²) in [4.78, 5) is 27.0. The van der Waals surface area contributed by atoms with Crippen LogP contribution in [-0.2, 0) is 22.4 Å². The average molecular weight is 434 g/mol. The zero-order valence-corrected chi connectivity index (χ0v) is 18.3. The van der Waals surface area contributed by atoms with Crippen molar-refractivity contribution in [1.82, 2.24) is 0 Å².